The summed E-state index contributed by atoms with van der Waals surface area (Å²) in [6, 6.07) is 1.43. The Labute approximate surface area is 64.0 Å². The molecule has 0 rings (SSSR count). The molecule has 0 atom stereocenters. The van der Waals surface area contributed by atoms with E-state index in [1.54, 1.807) is 0 Å². The van der Waals surface area contributed by atoms with Gasteiger partial charge in [0, 0.05) is 0 Å². The van der Waals surface area contributed by atoms with Crippen LogP contribution in [0.5, 0.6) is 0 Å². The number of amides is 1. The topological polar surface area (TPSA) is 113 Å². The van der Waals surface area contributed by atoms with E-state index in [1.165, 1.54) is 6.07 Å². The molecule has 1 amide bonds. The molecule has 0 bridgehead atoms. The first-order valence-corrected chi connectivity index (χ1v) is 4.26. The van der Waals surface area contributed by atoms with Gasteiger partial charge >= 0.3 is 0 Å². The molecule has 0 aromatic heterocycles. The summed E-state index contributed by atoms with van der Waals surface area (Å²) in [5.41, 5.74) is 4.65. The average Bonchev–Trinajstić information content (AvgIpc) is 1.84. The fourth-order valence-electron chi connectivity index (χ4n) is 0.317. The van der Waals surface area contributed by atoms with Gasteiger partial charge in [0.05, 0.1) is 12.6 Å². The van der Waals surface area contributed by atoms with Crippen LogP contribution in [-0.4, -0.2) is 26.6 Å². The molecule has 0 aliphatic carbocycles. The normalized spacial score (nSPS) is 10.5. The second-order valence-electron chi connectivity index (χ2n) is 1.70. The maximum absolute atomic E-state index is 10.6. The Balaban J connectivity index is 3.96. The lowest BCUT2D eigenvalue weighted by Gasteiger charge is -1.97. The van der Waals surface area contributed by atoms with Crippen molar-refractivity contribution in [2.45, 2.75) is 0 Å². The predicted octanol–water partition coefficient (Wildman–Crippen LogP) is -2.09. The number of nitrogens with zero attached hydrogens (tertiary/aromatic N) is 1. The Bertz CT molecular complexity index is 275. The third kappa shape index (κ3) is 5.32. The first kappa shape index (κ1) is 9.87. The Morgan fingerprint density at radius 3 is 2.55 bits per heavy atom. The number of rotatable bonds is 4. The molecule has 0 heterocycles. The zero-order valence-corrected chi connectivity index (χ0v) is 6.39. The maximum Gasteiger partial charge on any atom is 0.232 e. The highest BCUT2D eigenvalue weighted by molar-refractivity contribution is 7.89. The van der Waals surface area contributed by atoms with Crippen molar-refractivity contribution in [1.82, 2.24) is 4.72 Å². The molecule has 0 aromatic carbocycles. The van der Waals surface area contributed by atoms with Gasteiger partial charge in [0.1, 0.15) is 0 Å². The molecular weight excluding hydrogens is 170 g/mol. The number of nitriles is 1. The molecule has 0 saturated heterocycles. The van der Waals surface area contributed by atoms with Crippen LogP contribution in [0.1, 0.15) is 0 Å². The van der Waals surface area contributed by atoms with Crippen LogP contribution in [0.25, 0.3) is 0 Å². The standard InChI is InChI=1S/C4H7N3O3S/c5-1-2-11(9,10)7-3-4(6)8/h7H,2-3H2,(H2,6,8). The second-order valence-corrected chi connectivity index (χ2v) is 3.51. The molecule has 0 radical (unpaired) electrons. The minimum Gasteiger partial charge on any atom is -0.369 e. The number of carbonyl (C=O) groups is 1. The van der Waals surface area contributed by atoms with Crippen LogP contribution < -0.4 is 10.5 Å². The van der Waals surface area contributed by atoms with Gasteiger partial charge in [-0.2, -0.15) is 5.26 Å². The van der Waals surface area contributed by atoms with E-state index in [2.05, 4.69) is 5.73 Å². The average molecular weight is 177 g/mol. The van der Waals surface area contributed by atoms with Crippen LogP contribution in [0.4, 0.5) is 0 Å². The molecule has 62 valence electrons. The van der Waals surface area contributed by atoms with Crippen LogP contribution in [0, 0.1) is 11.3 Å². The first-order valence-electron chi connectivity index (χ1n) is 2.60. The number of hydrogen-bond acceptors (Lipinski definition) is 4. The SMILES string of the molecule is N#CCS(=O)(=O)NCC(N)=O. The quantitative estimate of drug-likeness (QED) is 0.512. The predicted molar refractivity (Wildman–Crippen MR) is 36.6 cm³/mol. The molecule has 0 aliphatic rings. The van der Waals surface area contributed by atoms with Crippen molar-refractivity contribution < 1.29 is 13.2 Å². The lowest BCUT2D eigenvalue weighted by atomic mass is 10.7. The second kappa shape index (κ2) is 3.90. The van der Waals surface area contributed by atoms with Crippen LogP contribution in [-0.2, 0) is 14.8 Å². The van der Waals surface area contributed by atoms with Crippen molar-refractivity contribution in [2.24, 2.45) is 5.73 Å². The maximum atomic E-state index is 10.6. The summed E-state index contributed by atoms with van der Waals surface area (Å²) >= 11 is 0. The van der Waals surface area contributed by atoms with Crippen molar-refractivity contribution >= 4 is 15.9 Å². The minimum absolute atomic E-state index is 0.468. The van der Waals surface area contributed by atoms with Gasteiger partial charge in [-0.3, -0.25) is 4.79 Å². The largest absolute Gasteiger partial charge is 0.369 e. The minimum atomic E-state index is -3.64. The monoisotopic (exact) mass is 177 g/mol. The Kier molecular flexibility index (Phi) is 3.50. The van der Waals surface area contributed by atoms with Crippen LogP contribution in [0.3, 0.4) is 0 Å². The van der Waals surface area contributed by atoms with E-state index in [-0.39, 0.29) is 0 Å². The molecule has 11 heavy (non-hydrogen) atoms. The lowest BCUT2D eigenvalue weighted by Crippen LogP contribution is -2.34. The van der Waals surface area contributed by atoms with Crippen molar-refractivity contribution in [1.29, 1.82) is 5.26 Å². The molecule has 0 aliphatic heterocycles. The third-order valence-electron chi connectivity index (χ3n) is 0.721. The van der Waals surface area contributed by atoms with Gasteiger partial charge in [0.25, 0.3) is 0 Å². The van der Waals surface area contributed by atoms with Gasteiger partial charge in [-0.05, 0) is 0 Å². The van der Waals surface area contributed by atoms with Crippen LogP contribution in [0.15, 0.2) is 0 Å². The van der Waals surface area contributed by atoms with Gasteiger partial charge in [-0.15, -0.1) is 0 Å². The van der Waals surface area contributed by atoms with E-state index in [1.807, 2.05) is 4.72 Å². The summed E-state index contributed by atoms with van der Waals surface area (Å²) in [5, 5.41) is 7.98. The molecule has 0 saturated carbocycles. The van der Waals surface area contributed by atoms with Crippen LogP contribution >= 0.6 is 0 Å². The molecule has 0 fully saturated rings. The summed E-state index contributed by atoms with van der Waals surface area (Å²) in [5.74, 6) is -1.45. The molecular formula is C4H7N3O3S. The van der Waals surface area contributed by atoms with Gasteiger partial charge in [0.2, 0.25) is 15.9 Å². The first-order chi connectivity index (χ1) is 4.98. The number of nitrogens with one attached hydrogen (secondary N) is 1. The highest BCUT2D eigenvalue weighted by atomic mass is 32.2. The number of nitrogens with two attached hydrogens (primary N) is 1. The smallest absolute Gasteiger partial charge is 0.232 e. The number of sulfonamides is 1. The summed E-state index contributed by atoms with van der Waals surface area (Å²) in [6.45, 7) is -0.468. The number of carbonyl (C=O) groups excluding carboxylic acids is 1. The Morgan fingerprint density at radius 1 is 1.64 bits per heavy atom. The molecule has 3 N–H and O–H groups in total. The van der Waals surface area contributed by atoms with Crippen molar-refractivity contribution in [2.75, 3.05) is 12.3 Å². The van der Waals surface area contributed by atoms with Crippen molar-refractivity contribution in [3.8, 4) is 6.07 Å². The van der Waals surface area contributed by atoms with Crippen molar-refractivity contribution in [3.05, 3.63) is 0 Å². The third-order valence-corrected chi connectivity index (χ3v) is 1.81. The zero-order valence-electron chi connectivity index (χ0n) is 5.57. The number of hydrogen-bond donors (Lipinski definition) is 2. The lowest BCUT2D eigenvalue weighted by molar-refractivity contribution is -0.116. The van der Waals surface area contributed by atoms with E-state index in [0.717, 1.165) is 0 Å². The number of primary amides is 1. The van der Waals surface area contributed by atoms with Gasteiger partial charge < -0.3 is 5.73 Å². The highest BCUT2D eigenvalue weighted by Crippen LogP contribution is 1.79. The Hall–Kier alpha value is -1.13. The molecule has 0 aromatic rings. The fraction of sp³-hybridized carbons (Fsp3) is 0.500. The van der Waals surface area contributed by atoms with Gasteiger partial charge in [-0.25, -0.2) is 13.1 Å². The van der Waals surface area contributed by atoms with Gasteiger partial charge in [-0.1, -0.05) is 0 Å². The molecule has 0 spiro atoms. The fourth-order valence-corrected chi connectivity index (χ4v) is 0.951. The summed E-state index contributed by atoms with van der Waals surface area (Å²) < 4.78 is 23.0. The molecule has 0 unspecified atom stereocenters. The molecule has 6 nitrogen and oxygen atoms in total. The summed E-state index contributed by atoms with van der Waals surface area (Å²) in [7, 11) is -3.64. The van der Waals surface area contributed by atoms with E-state index >= 15 is 0 Å². The van der Waals surface area contributed by atoms with E-state index in [0.29, 0.717) is 0 Å². The van der Waals surface area contributed by atoms with E-state index in [4.69, 9.17) is 5.26 Å². The van der Waals surface area contributed by atoms with Gasteiger partial charge in [0.15, 0.2) is 5.75 Å². The summed E-state index contributed by atoms with van der Waals surface area (Å²) in [6.07, 6.45) is 0. The zero-order chi connectivity index (χ0) is 8.91. The van der Waals surface area contributed by atoms with Crippen LogP contribution in [0.2, 0.25) is 0 Å². The molecule has 7 heteroatoms. The van der Waals surface area contributed by atoms with E-state index < -0.39 is 28.2 Å². The van der Waals surface area contributed by atoms with Crippen molar-refractivity contribution in [3.63, 3.8) is 0 Å². The Morgan fingerprint density at radius 2 is 2.18 bits per heavy atom. The van der Waals surface area contributed by atoms with E-state index in [9.17, 15) is 13.2 Å². The highest BCUT2D eigenvalue weighted by Gasteiger charge is 2.08. The summed E-state index contributed by atoms with van der Waals surface area (Å²) in [4.78, 5) is 10.1.